The van der Waals surface area contributed by atoms with Gasteiger partial charge in [0.15, 0.2) is 17.4 Å². The van der Waals surface area contributed by atoms with Gasteiger partial charge in [-0.3, -0.25) is 0 Å². The molecule has 0 bridgehead atoms. The Kier molecular flexibility index (Phi) is 5.05. The summed E-state index contributed by atoms with van der Waals surface area (Å²) in [5.41, 5.74) is 0.906. The third kappa shape index (κ3) is 4.13. The van der Waals surface area contributed by atoms with Gasteiger partial charge in [0, 0.05) is 19.7 Å². The summed E-state index contributed by atoms with van der Waals surface area (Å²) in [6, 6.07) is 6.28. The third-order valence-corrected chi connectivity index (χ3v) is 2.74. The van der Waals surface area contributed by atoms with Gasteiger partial charge in [0.05, 0.1) is 0 Å². The zero-order chi connectivity index (χ0) is 15.2. The molecule has 0 spiro atoms. The molecule has 0 amide bonds. The van der Waals surface area contributed by atoms with Crippen molar-refractivity contribution in [2.75, 3.05) is 19.0 Å². The van der Waals surface area contributed by atoms with Gasteiger partial charge in [0.1, 0.15) is 12.4 Å². The molecule has 0 aliphatic rings. The highest BCUT2D eigenvalue weighted by molar-refractivity contribution is 5.40. The monoisotopic (exact) mass is 291 g/mol. The molecule has 1 aromatic heterocycles. The molecule has 1 heterocycles. The molecule has 0 saturated carbocycles. The van der Waals surface area contributed by atoms with Crippen molar-refractivity contribution in [3.8, 4) is 11.6 Å². The quantitative estimate of drug-likeness (QED) is 0.885. The number of anilines is 1. The number of aryl methyl sites for hydroxylation is 1. The van der Waals surface area contributed by atoms with Gasteiger partial charge in [-0.2, -0.15) is 4.98 Å². The van der Waals surface area contributed by atoms with Crippen LogP contribution in [0.2, 0.25) is 0 Å². The molecule has 6 heteroatoms. The second-order valence-electron chi connectivity index (χ2n) is 4.43. The van der Waals surface area contributed by atoms with E-state index in [-0.39, 0.29) is 18.2 Å². The van der Waals surface area contributed by atoms with Gasteiger partial charge in [0.2, 0.25) is 5.88 Å². The van der Waals surface area contributed by atoms with E-state index in [1.807, 2.05) is 13.8 Å². The molecular formula is C15H18FN3O2. The van der Waals surface area contributed by atoms with E-state index >= 15 is 0 Å². The predicted molar refractivity (Wildman–Crippen MR) is 78.1 cm³/mol. The standard InChI is InChI=1S/C15H18FN3O2/c1-4-20-9-14-18-13(17-3)8-15(19-14)21-12-7-10(2)5-6-11(12)16/h5-8H,4,9H2,1-3H3,(H,17,18,19). The molecule has 0 aliphatic carbocycles. The minimum atomic E-state index is -0.434. The molecule has 0 fully saturated rings. The van der Waals surface area contributed by atoms with Crippen LogP contribution in [0, 0.1) is 12.7 Å². The van der Waals surface area contributed by atoms with Gasteiger partial charge in [-0.05, 0) is 31.5 Å². The van der Waals surface area contributed by atoms with Crippen molar-refractivity contribution in [2.45, 2.75) is 20.5 Å². The molecule has 112 valence electrons. The lowest BCUT2D eigenvalue weighted by Gasteiger charge is -2.10. The Labute approximate surface area is 123 Å². The van der Waals surface area contributed by atoms with Gasteiger partial charge >= 0.3 is 0 Å². The maximum atomic E-state index is 13.7. The van der Waals surface area contributed by atoms with Crippen molar-refractivity contribution in [1.29, 1.82) is 0 Å². The van der Waals surface area contributed by atoms with Crippen LogP contribution in [-0.4, -0.2) is 23.6 Å². The predicted octanol–water partition coefficient (Wildman–Crippen LogP) is 3.29. The van der Waals surface area contributed by atoms with E-state index in [4.69, 9.17) is 9.47 Å². The van der Waals surface area contributed by atoms with E-state index in [2.05, 4.69) is 15.3 Å². The number of hydrogen-bond donors (Lipinski definition) is 1. The van der Waals surface area contributed by atoms with Crippen LogP contribution in [-0.2, 0) is 11.3 Å². The lowest BCUT2D eigenvalue weighted by atomic mass is 10.2. The summed E-state index contributed by atoms with van der Waals surface area (Å²) in [7, 11) is 1.74. The van der Waals surface area contributed by atoms with E-state index < -0.39 is 5.82 Å². The summed E-state index contributed by atoms with van der Waals surface area (Å²) in [6.07, 6.45) is 0. The number of nitrogens with zero attached hydrogens (tertiary/aromatic N) is 2. The van der Waals surface area contributed by atoms with Crippen LogP contribution in [0.15, 0.2) is 24.3 Å². The van der Waals surface area contributed by atoms with Crippen molar-refractivity contribution in [2.24, 2.45) is 0 Å². The molecule has 0 radical (unpaired) electrons. The number of halogens is 1. The Morgan fingerprint density at radius 2 is 2.05 bits per heavy atom. The molecule has 0 aliphatic heterocycles. The second kappa shape index (κ2) is 6.99. The Balaban J connectivity index is 2.27. The van der Waals surface area contributed by atoms with E-state index in [1.165, 1.54) is 6.07 Å². The van der Waals surface area contributed by atoms with Crippen LogP contribution in [0.3, 0.4) is 0 Å². The van der Waals surface area contributed by atoms with Crippen molar-refractivity contribution >= 4 is 5.82 Å². The Morgan fingerprint density at radius 1 is 1.24 bits per heavy atom. The number of ether oxygens (including phenoxy) is 2. The number of aromatic nitrogens is 2. The zero-order valence-electron chi connectivity index (χ0n) is 12.3. The first-order valence-corrected chi connectivity index (χ1v) is 6.70. The van der Waals surface area contributed by atoms with Gasteiger partial charge in [-0.15, -0.1) is 0 Å². The number of benzene rings is 1. The smallest absolute Gasteiger partial charge is 0.224 e. The van der Waals surface area contributed by atoms with Gasteiger partial charge in [-0.25, -0.2) is 9.37 Å². The molecule has 0 saturated heterocycles. The highest BCUT2D eigenvalue weighted by Crippen LogP contribution is 2.25. The maximum Gasteiger partial charge on any atom is 0.224 e. The van der Waals surface area contributed by atoms with Crippen molar-refractivity contribution in [1.82, 2.24) is 9.97 Å². The van der Waals surface area contributed by atoms with Crippen LogP contribution in [0.4, 0.5) is 10.2 Å². The van der Waals surface area contributed by atoms with E-state index in [0.717, 1.165) is 5.56 Å². The Morgan fingerprint density at radius 3 is 2.76 bits per heavy atom. The lowest BCUT2D eigenvalue weighted by molar-refractivity contribution is 0.128. The fraction of sp³-hybridized carbons (Fsp3) is 0.333. The molecule has 21 heavy (non-hydrogen) atoms. The summed E-state index contributed by atoms with van der Waals surface area (Å²) >= 11 is 0. The summed E-state index contributed by atoms with van der Waals surface area (Å²) < 4.78 is 24.5. The Hall–Kier alpha value is -2.21. The molecule has 1 aromatic carbocycles. The SMILES string of the molecule is CCOCc1nc(NC)cc(Oc2cc(C)ccc2F)n1. The molecule has 0 unspecified atom stereocenters. The van der Waals surface area contributed by atoms with Crippen LogP contribution < -0.4 is 10.1 Å². The first-order chi connectivity index (χ1) is 10.1. The molecule has 2 aromatic rings. The normalized spacial score (nSPS) is 10.5. The van der Waals surface area contributed by atoms with Crippen molar-refractivity contribution in [3.05, 3.63) is 41.5 Å². The molecule has 0 atom stereocenters. The molecule has 1 N–H and O–H groups in total. The second-order valence-corrected chi connectivity index (χ2v) is 4.43. The molecule has 5 nitrogen and oxygen atoms in total. The van der Waals surface area contributed by atoms with Gasteiger partial charge in [-0.1, -0.05) is 6.07 Å². The molecular weight excluding hydrogens is 273 g/mol. The van der Waals surface area contributed by atoms with Gasteiger partial charge < -0.3 is 14.8 Å². The molecule has 2 rings (SSSR count). The van der Waals surface area contributed by atoms with Crippen LogP contribution >= 0.6 is 0 Å². The van der Waals surface area contributed by atoms with Crippen LogP contribution in [0.5, 0.6) is 11.6 Å². The Bertz CT molecular complexity index is 620. The first-order valence-electron chi connectivity index (χ1n) is 6.70. The zero-order valence-corrected chi connectivity index (χ0v) is 12.3. The van der Waals surface area contributed by atoms with Crippen molar-refractivity contribution < 1.29 is 13.9 Å². The average Bonchev–Trinajstić information content (AvgIpc) is 2.48. The highest BCUT2D eigenvalue weighted by atomic mass is 19.1. The minimum absolute atomic E-state index is 0.137. The minimum Gasteiger partial charge on any atom is -0.436 e. The summed E-state index contributed by atoms with van der Waals surface area (Å²) in [5, 5.41) is 2.92. The van der Waals surface area contributed by atoms with Crippen LogP contribution in [0.1, 0.15) is 18.3 Å². The van der Waals surface area contributed by atoms with Crippen molar-refractivity contribution in [3.63, 3.8) is 0 Å². The van der Waals surface area contributed by atoms with E-state index in [1.54, 1.807) is 25.2 Å². The third-order valence-electron chi connectivity index (χ3n) is 2.74. The first kappa shape index (κ1) is 15.2. The fourth-order valence-electron chi connectivity index (χ4n) is 1.71. The maximum absolute atomic E-state index is 13.7. The summed E-state index contributed by atoms with van der Waals surface area (Å²) in [4.78, 5) is 8.47. The van der Waals surface area contributed by atoms with Crippen LogP contribution in [0.25, 0.3) is 0 Å². The van der Waals surface area contributed by atoms with E-state index in [0.29, 0.717) is 18.2 Å². The number of nitrogens with one attached hydrogen (secondary N) is 1. The van der Waals surface area contributed by atoms with Gasteiger partial charge in [0.25, 0.3) is 0 Å². The number of hydrogen-bond acceptors (Lipinski definition) is 5. The lowest BCUT2D eigenvalue weighted by Crippen LogP contribution is -2.04. The average molecular weight is 291 g/mol. The topological polar surface area (TPSA) is 56.3 Å². The largest absolute Gasteiger partial charge is 0.436 e. The summed E-state index contributed by atoms with van der Waals surface area (Å²) in [5.74, 6) is 1.04. The van der Waals surface area contributed by atoms with E-state index in [9.17, 15) is 4.39 Å². The summed E-state index contributed by atoms with van der Waals surface area (Å²) in [6.45, 7) is 4.60. The highest BCUT2D eigenvalue weighted by Gasteiger charge is 2.09. The fourth-order valence-corrected chi connectivity index (χ4v) is 1.71. The number of rotatable bonds is 6.